The highest BCUT2D eigenvalue weighted by Gasteiger charge is 2.11. The monoisotopic (exact) mass is 266 g/mol. The van der Waals surface area contributed by atoms with E-state index in [0.29, 0.717) is 23.7 Å². The van der Waals surface area contributed by atoms with Crippen LogP contribution in [0.1, 0.15) is 25.0 Å². The van der Waals surface area contributed by atoms with Gasteiger partial charge in [0.25, 0.3) is 0 Å². The SMILES string of the molecule is CCO[C@@H](C)C(=O)NCc1ccc(C#N)c(Cl)c1. The van der Waals surface area contributed by atoms with E-state index in [4.69, 9.17) is 21.6 Å². The first kappa shape index (κ1) is 14.5. The lowest BCUT2D eigenvalue weighted by Crippen LogP contribution is -2.34. The summed E-state index contributed by atoms with van der Waals surface area (Å²) in [5.74, 6) is -0.169. The summed E-state index contributed by atoms with van der Waals surface area (Å²) in [6, 6.07) is 7.05. The van der Waals surface area contributed by atoms with Crippen molar-refractivity contribution < 1.29 is 9.53 Å². The summed E-state index contributed by atoms with van der Waals surface area (Å²) < 4.78 is 5.17. The molecule has 0 aliphatic rings. The number of hydrogen-bond acceptors (Lipinski definition) is 3. The largest absolute Gasteiger partial charge is 0.369 e. The molecule has 0 aliphatic carbocycles. The molecule has 0 aliphatic heterocycles. The molecule has 1 rings (SSSR count). The molecular formula is C13H15ClN2O2. The molecule has 96 valence electrons. The van der Waals surface area contributed by atoms with Crippen molar-refractivity contribution in [3.05, 3.63) is 34.3 Å². The van der Waals surface area contributed by atoms with Crippen LogP contribution in [0.15, 0.2) is 18.2 Å². The second-order valence-corrected chi connectivity index (χ2v) is 4.15. The van der Waals surface area contributed by atoms with Crippen LogP contribution in [0.3, 0.4) is 0 Å². The van der Waals surface area contributed by atoms with Crippen molar-refractivity contribution >= 4 is 17.5 Å². The van der Waals surface area contributed by atoms with E-state index in [1.54, 1.807) is 25.1 Å². The lowest BCUT2D eigenvalue weighted by molar-refractivity contribution is -0.131. The fourth-order valence-electron chi connectivity index (χ4n) is 1.42. The molecule has 1 amide bonds. The third kappa shape index (κ3) is 4.02. The van der Waals surface area contributed by atoms with Crippen LogP contribution < -0.4 is 5.32 Å². The number of halogens is 1. The van der Waals surface area contributed by atoms with E-state index in [9.17, 15) is 4.79 Å². The van der Waals surface area contributed by atoms with Crippen LogP contribution in [0.2, 0.25) is 5.02 Å². The van der Waals surface area contributed by atoms with Crippen LogP contribution in [-0.2, 0) is 16.1 Å². The molecule has 1 aromatic rings. The summed E-state index contributed by atoms with van der Waals surface area (Å²) in [6.07, 6.45) is -0.469. The van der Waals surface area contributed by atoms with Crippen molar-refractivity contribution in [2.75, 3.05) is 6.61 Å². The highest BCUT2D eigenvalue weighted by atomic mass is 35.5. The molecule has 0 unspecified atom stereocenters. The quantitative estimate of drug-likeness (QED) is 0.889. The van der Waals surface area contributed by atoms with Gasteiger partial charge in [-0.1, -0.05) is 17.7 Å². The summed E-state index contributed by atoms with van der Waals surface area (Å²) >= 11 is 5.90. The maximum Gasteiger partial charge on any atom is 0.249 e. The van der Waals surface area contributed by atoms with E-state index in [0.717, 1.165) is 5.56 Å². The summed E-state index contributed by atoms with van der Waals surface area (Å²) in [4.78, 5) is 11.6. The molecule has 1 aromatic carbocycles. The lowest BCUT2D eigenvalue weighted by Gasteiger charge is -2.12. The number of carbonyl (C=O) groups excluding carboxylic acids is 1. The average molecular weight is 267 g/mol. The molecule has 0 spiro atoms. The minimum absolute atomic E-state index is 0.169. The van der Waals surface area contributed by atoms with Crippen LogP contribution in [-0.4, -0.2) is 18.6 Å². The lowest BCUT2D eigenvalue weighted by atomic mass is 10.1. The maximum absolute atomic E-state index is 11.6. The predicted molar refractivity (Wildman–Crippen MR) is 69.1 cm³/mol. The summed E-state index contributed by atoms with van der Waals surface area (Å²) in [7, 11) is 0. The van der Waals surface area contributed by atoms with Gasteiger partial charge in [0.2, 0.25) is 5.91 Å². The number of nitrogens with one attached hydrogen (secondary N) is 1. The molecule has 0 saturated heterocycles. The van der Waals surface area contributed by atoms with Gasteiger partial charge in [-0.2, -0.15) is 5.26 Å². The number of hydrogen-bond donors (Lipinski definition) is 1. The predicted octanol–water partition coefficient (Wildman–Crippen LogP) is 2.25. The molecule has 0 radical (unpaired) electrons. The minimum Gasteiger partial charge on any atom is -0.369 e. The van der Waals surface area contributed by atoms with Crippen LogP contribution in [0, 0.1) is 11.3 Å². The Morgan fingerprint density at radius 2 is 2.33 bits per heavy atom. The molecule has 0 heterocycles. The van der Waals surface area contributed by atoms with Gasteiger partial charge in [0, 0.05) is 13.2 Å². The highest BCUT2D eigenvalue weighted by Crippen LogP contribution is 2.16. The first-order chi connectivity index (χ1) is 8.58. The van der Waals surface area contributed by atoms with Gasteiger partial charge in [-0.05, 0) is 31.5 Å². The molecule has 1 N–H and O–H groups in total. The molecule has 1 atom stereocenters. The highest BCUT2D eigenvalue weighted by molar-refractivity contribution is 6.31. The molecule has 18 heavy (non-hydrogen) atoms. The van der Waals surface area contributed by atoms with Crippen molar-refractivity contribution in [2.24, 2.45) is 0 Å². The van der Waals surface area contributed by atoms with Gasteiger partial charge in [-0.3, -0.25) is 4.79 Å². The number of carbonyl (C=O) groups is 1. The van der Waals surface area contributed by atoms with Crippen LogP contribution in [0.25, 0.3) is 0 Å². The topological polar surface area (TPSA) is 62.1 Å². The van der Waals surface area contributed by atoms with Crippen molar-refractivity contribution in [1.82, 2.24) is 5.32 Å². The Bertz CT molecular complexity index is 469. The molecular weight excluding hydrogens is 252 g/mol. The number of rotatable bonds is 5. The Balaban J connectivity index is 2.57. The standard InChI is InChI=1S/C13H15ClN2O2/c1-3-18-9(2)13(17)16-8-10-4-5-11(7-15)12(14)6-10/h4-6,9H,3,8H2,1-2H3,(H,16,17)/t9-/m0/s1. The van der Waals surface area contributed by atoms with Crippen LogP contribution in [0.5, 0.6) is 0 Å². The van der Waals surface area contributed by atoms with Crippen molar-refractivity contribution in [2.45, 2.75) is 26.5 Å². The number of ether oxygens (including phenoxy) is 1. The van der Waals surface area contributed by atoms with Gasteiger partial charge in [0.05, 0.1) is 10.6 Å². The zero-order chi connectivity index (χ0) is 13.5. The summed E-state index contributed by atoms with van der Waals surface area (Å²) in [5.41, 5.74) is 1.27. The second kappa shape index (κ2) is 7.00. The maximum atomic E-state index is 11.6. The Morgan fingerprint density at radius 1 is 1.61 bits per heavy atom. The fraction of sp³-hybridized carbons (Fsp3) is 0.385. The van der Waals surface area contributed by atoms with Gasteiger partial charge in [-0.25, -0.2) is 0 Å². The van der Waals surface area contributed by atoms with Crippen molar-refractivity contribution in [3.8, 4) is 6.07 Å². The first-order valence-electron chi connectivity index (χ1n) is 5.66. The average Bonchev–Trinajstić information content (AvgIpc) is 2.36. The molecule has 5 heteroatoms. The molecule has 0 fully saturated rings. The minimum atomic E-state index is -0.469. The Labute approximate surface area is 112 Å². The Kier molecular flexibility index (Phi) is 5.63. The van der Waals surface area contributed by atoms with Crippen molar-refractivity contribution in [3.63, 3.8) is 0 Å². The number of nitrogens with zero attached hydrogens (tertiary/aromatic N) is 1. The van der Waals surface area contributed by atoms with E-state index in [1.165, 1.54) is 0 Å². The summed E-state index contributed by atoms with van der Waals surface area (Å²) in [6.45, 7) is 4.40. The smallest absolute Gasteiger partial charge is 0.249 e. The summed E-state index contributed by atoms with van der Waals surface area (Å²) in [5, 5.41) is 11.9. The molecule has 0 saturated carbocycles. The van der Waals surface area contributed by atoms with Crippen LogP contribution in [0.4, 0.5) is 0 Å². The number of nitriles is 1. The second-order valence-electron chi connectivity index (χ2n) is 3.74. The van der Waals surface area contributed by atoms with E-state index in [2.05, 4.69) is 5.32 Å². The number of amides is 1. The van der Waals surface area contributed by atoms with E-state index in [-0.39, 0.29) is 5.91 Å². The van der Waals surface area contributed by atoms with Gasteiger partial charge in [0.15, 0.2) is 0 Å². The Morgan fingerprint density at radius 3 is 2.89 bits per heavy atom. The van der Waals surface area contributed by atoms with Crippen LogP contribution >= 0.6 is 11.6 Å². The molecule has 4 nitrogen and oxygen atoms in total. The van der Waals surface area contributed by atoms with Gasteiger partial charge < -0.3 is 10.1 Å². The zero-order valence-electron chi connectivity index (χ0n) is 10.4. The molecule has 0 bridgehead atoms. The third-order valence-electron chi connectivity index (χ3n) is 2.41. The van der Waals surface area contributed by atoms with E-state index < -0.39 is 6.10 Å². The van der Waals surface area contributed by atoms with E-state index in [1.807, 2.05) is 13.0 Å². The third-order valence-corrected chi connectivity index (χ3v) is 2.72. The van der Waals surface area contributed by atoms with Crippen molar-refractivity contribution in [1.29, 1.82) is 5.26 Å². The molecule has 0 aromatic heterocycles. The fourth-order valence-corrected chi connectivity index (χ4v) is 1.66. The van der Waals surface area contributed by atoms with E-state index >= 15 is 0 Å². The Hall–Kier alpha value is -1.57. The first-order valence-corrected chi connectivity index (χ1v) is 6.04. The zero-order valence-corrected chi connectivity index (χ0v) is 11.1. The number of benzene rings is 1. The van der Waals surface area contributed by atoms with Gasteiger partial charge in [0.1, 0.15) is 12.2 Å². The normalized spacial score (nSPS) is 11.7. The van der Waals surface area contributed by atoms with Gasteiger partial charge in [-0.15, -0.1) is 0 Å². The van der Waals surface area contributed by atoms with Gasteiger partial charge >= 0.3 is 0 Å².